The molecule has 0 radical (unpaired) electrons. The Morgan fingerprint density at radius 3 is 2.00 bits per heavy atom. The van der Waals surface area contributed by atoms with Crippen molar-refractivity contribution in [3.63, 3.8) is 0 Å². The van der Waals surface area contributed by atoms with Crippen molar-refractivity contribution < 1.29 is 21.4 Å². The number of halogens is 1. The van der Waals surface area contributed by atoms with E-state index in [9.17, 15) is 0 Å². The van der Waals surface area contributed by atoms with Crippen LogP contribution in [0.15, 0.2) is 18.2 Å². The molecule has 0 unspecified atom stereocenters. The zero-order valence-corrected chi connectivity index (χ0v) is 21.2. The van der Waals surface area contributed by atoms with E-state index in [1.54, 1.807) is 0 Å². The first-order valence-electron chi connectivity index (χ1n) is 9.88. The molecule has 0 N–H and O–H groups in total. The van der Waals surface area contributed by atoms with Gasteiger partial charge in [0.05, 0.1) is 0 Å². The average molecular weight is 446 g/mol. The van der Waals surface area contributed by atoms with Crippen molar-refractivity contribution in [2.24, 2.45) is 17.8 Å². The fraction of sp³-hybridized carbons (Fsp3) is 0.727. The van der Waals surface area contributed by atoms with Gasteiger partial charge < -0.3 is 21.4 Å². The quantitative estimate of drug-likeness (QED) is 0.513. The van der Waals surface area contributed by atoms with Crippen LogP contribution in [0.1, 0.15) is 64.9 Å². The molecule has 4 aliphatic carbocycles. The Kier molecular flexibility index (Phi) is 6.76. The number of hydrogen-bond acceptors (Lipinski definition) is 1. The summed E-state index contributed by atoms with van der Waals surface area (Å²) in [6.07, 6.45) is 8.69. The van der Waals surface area contributed by atoms with Gasteiger partial charge >= 0.3 is 23.1 Å². The Bertz CT molecular complexity index is 602. The van der Waals surface area contributed by atoms with E-state index >= 15 is 0 Å². The van der Waals surface area contributed by atoms with Crippen LogP contribution in [-0.4, -0.2) is 31.4 Å². The van der Waals surface area contributed by atoms with Gasteiger partial charge in [-0.2, -0.15) is 18.2 Å². The van der Waals surface area contributed by atoms with E-state index in [-0.39, 0.29) is 45.1 Å². The van der Waals surface area contributed by atoms with Gasteiger partial charge in [-0.1, -0.05) is 20.8 Å². The Morgan fingerprint density at radius 1 is 1.04 bits per heavy atom. The van der Waals surface area contributed by atoms with Gasteiger partial charge in [-0.25, -0.2) is 0 Å². The topological polar surface area (TPSA) is 9.23 Å². The van der Waals surface area contributed by atoms with Crippen molar-refractivity contribution in [1.29, 1.82) is 0 Å². The molecule has 0 aliphatic heterocycles. The van der Waals surface area contributed by atoms with Crippen molar-refractivity contribution in [1.82, 2.24) is 0 Å². The van der Waals surface area contributed by atoms with Crippen LogP contribution < -0.4 is 21.4 Å². The van der Waals surface area contributed by atoms with Gasteiger partial charge in [0.2, 0.25) is 8.32 Å². The minimum Gasteiger partial charge on any atom is -1.00 e. The fourth-order valence-electron chi connectivity index (χ4n) is 5.81. The summed E-state index contributed by atoms with van der Waals surface area (Å²) in [6, 6.07) is 9.90. The molecule has 1 aromatic rings. The predicted octanol–water partition coefficient (Wildman–Crippen LogP) is 2.96. The zero-order valence-electron chi connectivity index (χ0n) is 17.2. The van der Waals surface area contributed by atoms with Gasteiger partial charge in [-0.15, -0.1) is 11.6 Å². The van der Waals surface area contributed by atoms with Crippen molar-refractivity contribution in [2.45, 2.75) is 82.8 Å². The molecule has 4 aliphatic rings. The second-order valence-corrected chi connectivity index (χ2v) is 15.2. The number of hydrogen-bond donors (Lipinski definition) is 0. The Hall–Kier alpha value is 0.483. The molecule has 26 heavy (non-hydrogen) atoms. The molecule has 1 nitrogen and oxygen atoms in total. The number of rotatable bonds is 3. The molecule has 1 aromatic carbocycles. The second kappa shape index (κ2) is 7.72. The summed E-state index contributed by atoms with van der Waals surface area (Å²) in [4.78, 5) is 0. The van der Waals surface area contributed by atoms with E-state index in [1.165, 1.54) is 44.1 Å². The van der Waals surface area contributed by atoms with Gasteiger partial charge in [-0.05, 0) is 85.6 Å². The Labute approximate surface area is 188 Å². The van der Waals surface area contributed by atoms with Crippen LogP contribution in [-0.2, 0) is 5.41 Å². The van der Waals surface area contributed by atoms with Crippen LogP contribution in [0.2, 0.25) is 18.1 Å². The Balaban J connectivity index is 0.00000121. The molecule has 140 valence electrons. The molecule has 4 bridgehead atoms. The molecule has 5 rings (SSSR count). The maximum absolute atomic E-state index is 6.79. The van der Waals surface area contributed by atoms with Gasteiger partial charge in [0.1, 0.15) is 0 Å². The molecule has 4 heteroatoms. The molecular weight excluding hydrogens is 413 g/mol. The summed E-state index contributed by atoms with van der Waals surface area (Å²) in [5.41, 5.74) is 1.92. The first-order chi connectivity index (χ1) is 11.2. The summed E-state index contributed by atoms with van der Waals surface area (Å²) in [7, 11) is -1.81. The largest absolute Gasteiger partial charge is 2.00 e. The summed E-state index contributed by atoms with van der Waals surface area (Å²) < 4.78 is 6.79. The van der Waals surface area contributed by atoms with Crippen LogP contribution in [0.4, 0.5) is 0 Å². The third-order valence-electron chi connectivity index (χ3n) is 7.61. The van der Waals surface area contributed by atoms with Crippen molar-refractivity contribution in [2.75, 3.05) is 0 Å². The summed E-state index contributed by atoms with van der Waals surface area (Å²) in [6.45, 7) is 11.7. The molecule has 4 fully saturated rings. The van der Waals surface area contributed by atoms with E-state index < -0.39 is 8.32 Å². The van der Waals surface area contributed by atoms with Gasteiger partial charge in [0, 0.05) is 0 Å². The van der Waals surface area contributed by atoms with E-state index in [0.29, 0.717) is 5.41 Å². The van der Waals surface area contributed by atoms with Gasteiger partial charge in [0.15, 0.2) is 0 Å². The van der Waals surface area contributed by atoms with E-state index in [0.717, 1.165) is 23.5 Å². The van der Waals surface area contributed by atoms with Crippen molar-refractivity contribution in [3.8, 4) is 5.75 Å². The summed E-state index contributed by atoms with van der Waals surface area (Å²) in [5.74, 6) is 4.08. The van der Waals surface area contributed by atoms with Crippen LogP contribution in [0.5, 0.6) is 5.75 Å². The summed E-state index contributed by atoms with van der Waals surface area (Å²) in [5, 5.41) is 0.238. The molecule has 0 aromatic heterocycles. The number of benzene rings is 1. The third-order valence-corrected chi connectivity index (χ3v) is 11.9. The van der Waals surface area contributed by atoms with Gasteiger partial charge in [0.25, 0.3) is 0 Å². The van der Waals surface area contributed by atoms with Crippen LogP contribution >= 0.6 is 0 Å². The predicted molar refractivity (Wildman–Crippen MR) is 109 cm³/mol. The molecule has 0 atom stereocenters. The van der Waals surface area contributed by atoms with Crippen molar-refractivity contribution >= 4 is 31.4 Å². The van der Waals surface area contributed by atoms with Crippen LogP contribution in [0.3, 0.4) is 0 Å². The van der Waals surface area contributed by atoms with E-state index in [1.807, 2.05) is 0 Å². The van der Waals surface area contributed by atoms with Gasteiger partial charge in [-0.3, -0.25) is 0 Å². The maximum Gasteiger partial charge on any atom is 2.00 e. The molecule has 4 saturated carbocycles. The van der Waals surface area contributed by atoms with E-state index in [2.05, 4.69) is 58.1 Å². The summed E-state index contributed by atoms with van der Waals surface area (Å²) >= 11 is 0. The zero-order chi connectivity index (χ0) is 17.2. The molecule has 0 spiro atoms. The van der Waals surface area contributed by atoms with Crippen LogP contribution in [0.25, 0.3) is 0 Å². The molecular formula is C22H33BrMgOSi. The molecule has 0 saturated heterocycles. The molecule has 0 amide bonds. The minimum atomic E-state index is -1.81. The van der Waals surface area contributed by atoms with Crippen molar-refractivity contribution in [3.05, 3.63) is 29.8 Å². The monoisotopic (exact) mass is 444 g/mol. The average Bonchev–Trinajstić information content (AvgIpc) is 2.44. The Morgan fingerprint density at radius 2 is 1.54 bits per heavy atom. The normalized spacial score (nSPS) is 32.6. The smallest absolute Gasteiger partial charge is 1.00 e. The first kappa shape index (κ1) is 22.8. The first-order valence-corrected chi connectivity index (χ1v) is 12.8. The molecule has 0 heterocycles. The SMILES string of the molecule is CC(C)(C)[Si](C)(C)Oc1c[c-]ccc1C12CC3CC(CC(C3)C1)C2.[Br-].[Mg+2]. The van der Waals surface area contributed by atoms with Crippen LogP contribution in [0, 0.1) is 23.8 Å². The van der Waals surface area contributed by atoms with E-state index in [4.69, 9.17) is 4.43 Å². The standard InChI is InChI=1S/C22H33OSi.BrH.Mg/c1-21(2,3)24(4,5)23-20-9-7-6-8-19(20)22-13-16-10-17(14-22)12-18(11-16)15-22;;/h6,8-9,16-18H,10-15H2,1-5H3;1H;/q-1;;+2/p-1. The third kappa shape index (κ3) is 3.95. The fourth-order valence-corrected chi connectivity index (χ4v) is 6.83. The second-order valence-electron chi connectivity index (χ2n) is 10.5. The maximum atomic E-state index is 6.79. The minimum absolute atomic E-state index is 0.